The largest absolute Gasteiger partial charge is 0.495 e. The molecule has 0 aliphatic heterocycles. The number of H-pyrrole nitrogens is 1. The van der Waals surface area contributed by atoms with Gasteiger partial charge < -0.3 is 9.72 Å². The van der Waals surface area contributed by atoms with Crippen molar-refractivity contribution in [3.05, 3.63) is 52.4 Å². The van der Waals surface area contributed by atoms with Crippen molar-refractivity contribution >= 4 is 15.7 Å². The van der Waals surface area contributed by atoms with E-state index in [-0.39, 0.29) is 21.9 Å². The molecular formula is C13H14N2O4S. The van der Waals surface area contributed by atoms with E-state index in [4.69, 9.17) is 4.74 Å². The fourth-order valence-electron chi connectivity index (χ4n) is 1.68. The maximum Gasteiger partial charge on any atom is 0.265 e. The number of hydrogen-bond donors (Lipinski definition) is 2. The van der Waals surface area contributed by atoms with Crippen LogP contribution >= 0.6 is 0 Å². The number of hydrogen-bond acceptors (Lipinski definition) is 4. The molecule has 0 amide bonds. The minimum atomic E-state index is -3.79. The Hall–Kier alpha value is -2.28. The summed E-state index contributed by atoms with van der Waals surface area (Å²) in [6, 6.07) is 7.51. The lowest BCUT2D eigenvalue weighted by atomic mass is 10.2. The fraction of sp³-hybridized carbons (Fsp3) is 0.154. The van der Waals surface area contributed by atoms with E-state index in [1.807, 2.05) is 0 Å². The van der Waals surface area contributed by atoms with E-state index in [2.05, 4.69) is 9.71 Å². The third kappa shape index (κ3) is 3.00. The van der Waals surface area contributed by atoms with Crippen LogP contribution in [0.4, 0.5) is 5.69 Å². The summed E-state index contributed by atoms with van der Waals surface area (Å²) in [7, 11) is -2.38. The van der Waals surface area contributed by atoms with Crippen LogP contribution in [0.25, 0.3) is 0 Å². The second kappa shape index (κ2) is 5.38. The Labute approximate surface area is 116 Å². The van der Waals surface area contributed by atoms with E-state index in [1.54, 1.807) is 19.1 Å². The average molecular weight is 294 g/mol. The van der Waals surface area contributed by atoms with E-state index >= 15 is 0 Å². The molecule has 7 heteroatoms. The predicted octanol–water partition coefficient (Wildman–Crippen LogP) is 1.49. The Morgan fingerprint density at radius 3 is 2.55 bits per heavy atom. The standard InChI is InChI=1S/C13H14N2O4S/c1-9-3-5-11(19-2)12(7-9)20(17,18)15-10-4-6-13(16)14-8-10/h3-8,15H,1-2H3,(H,14,16). The Morgan fingerprint density at radius 1 is 1.20 bits per heavy atom. The Balaban J connectivity index is 2.42. The van der Waals surface area contributed by atoms with Crippen molar-refractivity contribution in [1.82, 2.24) is 4.98 Å². The number of aromatic nitrogens is 1. The molecule has 0 radical (unpaired) electrons. The van der Waals surface area contributed by atoms with Crippen LogP contribution in [0.2, 0.25) is 0 Å². The number of aryl methyl sites for hydroxylation is 1. The van der Waals surface area contributed by atoms with E-state index in [0.29, 0.717) is 0 Å². The summed E-state index contributed by atoms with van der Waals surface area (Å²) in [5, 5.41) is 0. The summed E-state index contributed by atoms with van der Waals surface area (Å²) in [4.78, 5) is 13.4. The van der Waals surface area contributed by atoms with Crippen LogP contribution in [0.5, 0.6) is 5.75 Å². The molecule has 0 spiro atoms. The number of rotatable bonds is 4. The van der Waals surface area contributed by atoms with Crippen LogP contribution in [0, 0.1) is 6.92 Å². The molecule has 1 aromatic heterocycles. The van der Waals surface area contributed by atoms with E-state index in [9.17, 15) is 13.2 Å². The summed E-state index contributed by atoms with van der Waals surface area (Å²) < 4.78 is 32.1. The summed E-state index contributed by atoms with van der Waals surface area (Å²) in [6.07, 6.45) is 1.29. The molecule has 106 valence electrons. The number of methoxy groups -OCH3 is 1. The third-order valence-electron chi connectivity index (χ3n) is 2.65. The van der Waals surface area contributed by atoms with Gasteiger partial charge in [0.25, 0.3) is 10.0 Å². The molecule has 0 atom stereocenters. The molecule has 0 saturated heterocycles. The van der Waals surface area contributed by atoms with Crippen molar-refractivity contribution in [1.29, 1.82) is 0 Å². The quantitative estimate of drug-likeness (QED) is 0.894. The normalized spacial score (nSPS) is 11.1. The van der Waals surface area contributed by atoms with Crippen molar-refractivity contribution in [3.63, 3.8) is 0 Å². The van der Waals surface area contributed by atoms with Gasteiger partial charge in [-0.05, 0) is 30.7 Å². The van der Waals surface area contributed by atoms with Gasteiger partial charge in [-0.1, -0.05) is 6.07 Å². The third-order valence-corrected chi connectivity index (χ3v) is 4.05. The first-order valence-electron chi connectivity index (χ1n) is 5.78. The molecule has 20 heavy (non-hydrogen) atoms. The molecule has 0 bridgehead atoms. The number of ether oxygens (including phenoxy) is 1. The summed E-state index contributed by atoms with van der Waals surface area (Å²) in [6.45, 7) is 1.79. The highest BCUT2D eigenvalue weighted by Crippen LogP contribution is 2.26. The Kier molecular flexibility index (Phi) is 3.80. The smallest absolute Gasteiger partial charge is 0.265 e. The Bertz CT molecular complexity index is 761. The topological polar surface area (TPSA) is 88.3 Å². The maximum absolute atomic E-state index is 12.3. The zero-order valence-electron chi connectivity index (χ0n) is 11.0. The van der Waals surface area contributed by atoms with Crippen molar-refractivity contribution in [3.8, 4) is 5.75 Å². The van der Waals surface area contributed by atoms with Gasteiger partial charge in [-0.3, -0.25) is 9.52 Å². The summed E-state index contributed by atoms with van der Waals surface area (Å²) >= 11 is 0. The van der Waals surface area contributed by atoms with Crippen LogP contribution in [0.15, 0.2) is 46.2 Å². The van der Waals surface area contributed by atoms with Crippen LogP contribution < -0.4 is 15.0 Å². The highest BCUT2D eigenvalue weighted by Gasteiger charge is 2.19. The molecule has 6 nitrogen and oxygen atoms in total. The molecule has 0 aliphatic carbocycles. The van der Waals surface area contributed by atoms with Gasteiger partial charge in [-0.25, -0.2) is 8.42 Å². The van der Waals surface area contributed by atoms with E-state index < -0.39 is 10.0 Å². The van der Waals surface area contributed by atoms with Gasteiger partial charge in [-0.2, -0.15) is 0 Å². The lowest BCUT2D eigenvalue weighted by Crippen LogP contribution is -2.15. The van der Waals surface area contributed by atoms with E-state index in [1.165, 1.54) is 31.5 Å². The first kappa shape index (κ1) is 14.1. The molecule has 0 aliphatic rings. The van der Waals surface area contributed by atoms with Crippen LogP contribution in [-0.2, 0) is 10.0 Å². The van der Waals surface area contributed by atoms with Crippen LogP contribution in [-0.4, -0.2) is 20.5 Å². The zero-order valence-corrected chi connectivity index (χ0v) is 11.8. The first-order chi connectivity index (χ1) is 9.42. The van der Waals surface area contributed by atoms with Gasteiger partial charge in [0.15, 0.2) is 0 Å². The second-order valence-corrected chi connectivity index (χ2v) is 5.85. The highest BCUT2D eigenvalue weighted by molar-refractivity contribution is 7.92. The van der Waals surface area contributed by atoms with Gasteiger partial charge in [0.05, 0.1) is 12.8 Å². The van der Waals surface area contributed by atoms with Gasteiger partial charge in [0.2, 0.25) is 5.56 Å². The Morgan fingerprint density at radius 2 is 1.95 bits per heavy atom. The molecule has 2 aromatic rings. The number of aromatic amines is 1. The summed E-state index contributed by atoms with van der Waals surface area (Å²) in [5.41, 5.74) is 0.766. The van der Waals surface area contributed by atoms with Gasteiger partial charge in [-0.15, -0.1) is 0 Å². The number of benzene rings is 1. The van der Waals surface area contributed by atoms with Crippen molar-refractivity contribution < 1.29 is 13.2 Å². The molecule has 1 heterocycles. The first-order valence-corrected chi connectivity index (χ1v) is 7.27. The number of nitrogens with one attached hydrogen (secondary N) is 2. The number of pyridine rings is 1. The fourth-order valence-corrected chi connectivity index (χ4v) is 2.98. The van der Waals surface area contributed by atoms with Crippen molar-refractivity contribution in [2.45, 2.75) is 11.8 Å². The SMILES string of the molecule is COc1ccc(C)cc1S(=O)(=O)Nc1ccc(=O)[nH]c1. The van der Waals surface area contributed by atoms with Crippen LogP contribution in [0.3, 0.4) is 0 Å². The number of sulfonamides is 1. The molecule has 0 saturated carbocycles. The van der Waals surface area contributed by atoms with Crippen molar-refractivity contribution in [2.75, 3.05) is 11.8 Å². The molecule has 0 fully saturated rings. The van der Waals surface area contributed by atoms with Gasteiger partial charge in [0.1, 0.15) is 10.6 Å². The average Bonchev–Trinajstić information content (AvgIpc) is 2.41. The molecule has 0 unspecified atom stereocenters. The van der Waals surface area contributed by atoms with Crippen molar-refractivity contribution in [2.24, 2.45) is 0 Å². The number of anilines is 1. The lowest BCUT2D eigenvalue weighted by molar-refractivity contribution is 0.402. The molecule has 2 rings (SSSR count). The van der Waals surface area contributed by atoms with E-state index in [0.717, 1.165) is 5.56 Å². The maximum atomic E-state index is 12.3. The minimum Gasteiger partial charge on any atom is -0.495 e. The monoisotopic (exact) mass is 294 g/mol. The molecular weight excluding hydrogens is 280 g/mol. The van der Waals surface area contributed by atoms with Gasteiger partial charge >= 0.3 is 0 Å². The summed E-state index contributed by atoms with van der Waals surface area (Å²) in [5.74, 6) is 0.257. The minimum absolute atomic E-state index is 0.0474. The zero-order chi connectivity index (χ0) is 14.8. The lowest BCUT2D eigenvalue weighted by Gasteiger charge is -2.12. The molecule has 2 N–H and O–H groups in total. The van der Waals surface area contributed by atoms with Crippen LogP contribution in [0.1, 0.15) is 5.56 Å². The predicted molar refractivity (Wildman–Crippen MR) is 75.6 cm³/mol. The van der Waals surface area contributed by atoms with Gasteiger partial charge in [0, 0.05) is 12.3 Å². The highest BCUT2D eigenvalue weighted by atomic mass is 32.2. The molecule has 1 aromatic carbocycles. The second-order valence-electron chi connectivity index (χ2n) is 4.20.